The summed E-state index contributed by atoms with van der Waals surface area (Å²) in [7, 11) is 3.24. The fraction of sp³-hybridized carbons (Fsp3) is 0.227. The maximum Gasteiger partial charge on any atom is 0.161 e. The molecule has 4 rings (SSSR count). The van der Waals surface area contributed by atoms with Gasteiger partial charge in [-0.15, -0.1) is 0 Å². The average molecular weight is 364 g/mol. The monoisotopic (exact) mass is 364 g/mol. The van der Waals surface area contributed by atoms with E-state index in [1.54, 1.807) is 20.3 Å². The Labute approximate surface area is 157 Å². The maximum atomic E-state index is 13.8. The number of ether oxygens (including phenoxy) is 2. The Balaban J connectivity index is 1.79. The van der Waals surface area contributed by atoms with Gasteiger partial charge in [0.2, 0.25) is 0 Å². The number of nitrogens with one attached hydrogen (secondary N) is 1. The number of fused-ring (bicyclic) bond motifs is 1. The summed E-state index contributed by atoms with van der Waals surface area (Å²) in [6.45, 7) is 1.89. The highest BCUT2D eigenvalue weighted by Crippen LogP contribution is 2.35. The van der Waals surface area contributed by atoms with Gasteiger partial charge in [-0.05, 0) is 35.4 Å². The molecule has 0 radical (unpaired) electrons. The summed E-state index contributed by atoms with van der Waals surface area (Å²) in [5.74, 6) is 1.21. The predicted molar refractivity (Wildman–Crippen MR) is 106 cm³/mol. The first-order valence-corrected chi connectivity index (χ1v) is 8.84. The molecule has 0 fully saturated rings. The standard InChI is InChI=1S/C22H21FN2O2/c1-13-8-15(4-6-19(13)23)18-12-25-22-17(18)9-16(11-24-22)14-5-7-20(26-2)21(10-14)27-3/h4-13,19H,1-3H3,(H,24,25). The van der Waals surface area contributed by atoms with Crippen LogP contribution in [0.3, 0.4) is 0 Å². The third kappa shape index (κ3) is 3.10. The van der Waals surface area contributed by atoms with Crippen LogP contribution < -0.4 is 9.47 Å². The molecule has 2 aromatic heterocycles. The number of rotatable bonds is 4. The molecule has 1 N–H and O–H groups in total. The number of hydrogen-bond acceptors (Lipinski definition) is 3. The van der Waals surface area contributed by atoms with Gasteiger partial charge in [0.1, 0.15) is 11.8 Å². The van der Waals surface area contributed by atoms with Crippen molar-refractivity contribution in [1.82, 2.24) is 9.97 Å². The van der Waals surface area contributed by atoms with Gasteiger partial charge in [-0.3, -0.25) is 0 Å². The van der Waals surface area contributed by atoms with Crippen LogP contribution in [0, 0.1) is 5.92 Å². The molecule has 2 unspecified atom stereocenters. The molecular formula is C22H21FN2O2. The van der Waals surface area contributed by atoms with E-state index in [9.17, 15) is 4.39 Å². The number of aromatic amines is 1. The van der Waals surface area contributed by atoms with Crippen LogP contribution in [0.2, 0.25) is 0 Å². The third-order valence-electron chi connectivity index (χ3n) is 4.96. The predicted octanol–water partition coefficient (Wildman–Crippen LogP) is 5.17. The van der Waals surface area contributed by atoms with Gasteiger partial charge < -0.3 is 14.5 Å². The number of aromatic nitrogens is 2. The Morgan fingerprint density at radius 3 is 2.63 bits per heavy atom. The van der Waals surface area contributed by atoms with Crippen molar-refractivity contribution in [3.63, 3.8) is 0 Å². The van der Waals surface area contributed by atoms with Crippen molar-refractivity contribution in [3.8, 4) is 22.6 Å². The number of hydrogen-bond donors (Lipinski definition) is 1. The molecule has 0 bridgehead atoms. The molecule has 27 heavy (non-hydrogen) atoms. The maximum absolute atomic E-state index is 13.8. The largest absolute Gasteiger partial charge is 0.493 e. The molecule has 2 atom stereocenters. The molecule has 1 aromatic carbocycles. The normalized spacial score (nSPS) is 19.2. The number of methoxy groups -OCH3 is 2. The quantitative estimate of drug-likeness (QED) is 0.694. The van der Waals surface area contributed by atoms with E-state index in [4.69, 9.17) is 9.47 Å². The first kappa shape index (κ1) is 17.3. The lowest BCUT2D eigenvalue weighted by Crippen LogP contribution is -2.10. The summed E-state index contributed by atoms with van der Waals surface area (Å²) in [5.41, 5.74) is 4.79. The topological polar surface area (TPSA) is 47.1 Å². The van der Waals surface area contributed by atoms with E-state index in [2.05, 4.69) is 16.0 Å². The number of alkyl halides is 1. The number of pyridine rings is 1. The van der Waals surface area contributed by atoms with Gasteiger partial charge in [0.05, 0.1) is 14.2 Å². The van der Waals surface area contributed by atoms with Crippen LogP contribution in [-0.4, -0.2) is 30.4 Å². The van der Waals surface area contributed by atoms with Crippen molar-refractivity contribution in [1.29, 1.82) is 0 Å². The zero-order chi connectivity index (χ0) is 19.0. The van der Waals surface area contributed by atoms with Crippen molar-refractivity contribution < 1.29 is 13.9 Å². The van der Waals surface area contributed by atoms with Crippen LogP contribution >= 0.6 is 0 Å². The van der Waals surface area contributed by atoms with Crippen LogP contribution in [0.15, 0.2) is 54.9 Å². The van der Waals surface area contributed by atoms with E-state index in [1.807, 2.05) is 49.7 Å². The van der Waals surface area contributed by atoms with E-state index in [0.29, 0.717) is 11.5 Å². The molecule has 0 saturated heterocycles. The number of allylic oxidation sites excluding steroid dienone is 4. The molecule has 1 aliphatic carbocycles. The molecule has 1 aliphatic rings. The molecule has 0 aliphatic heterocycles. The fourth-order valence-corrected chi connectivity index (χ4v) is 3.40. The highest BCUT2D eigenvalue weighted by molar-refractivity contribution is 5.95. The molecule has 3 aromatic rings. The summed E-state index contributed by atoms with van der Waals surface area (Å²) in [5, 5.41) is 1.00. The Morgan fingerprint density at radius 2 is 1.89 bits per heavy atom. The summed E-state index contributed by atoms with van der Waals surface area (Å²) in [6.07, 6.45) is 8.25. The number of benzene rings is 1. The summed E-state index contributed by atoms with van der Waals surface area (Å²) >= 11 is 0. The van der Waals surface area contributed by atoms with Crippen LogP contribution in [0.5, 0.6) is 11.5 Å². The molecule has 0 saturated carbocycles. The minimum absolute atomic E-state index is 0.142. The highest BCUT2D eigenvalue weighted by Gasteiger charge is 2.18. The second kappa shape index (κ2) is 6.91. The summed E-state index contributed by atoms with van der Waals surface area (Å²) in [4.78, 5) is 7.76. The second-order valence-corrected chi connectivity index (χ2v) is 6.68. The Morgan fingerprint density at radius 1 is 1.07 bits per heavy atom. The minimum Gasteiger partial charge on any atom is -0.493 e. The molecule has 2 heterocycles. The van der Waals surface area contributed by atoms with Gasteiger partial charge in [0, 0.05) is 34.8 Å². The molecule has 5 heteroatoms. The Bertz CT molecular complexity index is 1050. The van der Waals surface area contributed by atoms with E-state index < -0.39 is 6.17 Å². The van der Waals surface area contributed by atoms with Gasteiger partial charge in [-0.2, -0.15) is 0 Å². The smallest absolute Gasteiger partial charge is 0.161 e. The van der Waals surface area contributed by atoms with E-state index in [1.165, 1.54) is 0 Å². The summed E-state index contributed by atoms with van der Waals surface area (Å²) < 4.78 is 24.5. The summed E-state index contributed by atoms with van der Waals surface area (Å²) in [6, 6.07) is 7.89. The lowest BCUT2D eigenvalue weighted by atomic mass is 9.92. The van der Waals surface area contributed by atoms with Crippen LogP contribution in [0.25, 0.3) is 27.7 Å². The number of nitrogens with zero attached hydrogens (tertiary/aromatic N) is 1. The van der Waals surface area contributed by atoms with Gasteiger partial charge in [0.15, 0.2) is 11.5 Å². The van der Waals surface area contributed by atoms with E-state index in [-0.39, 0.29) is 5.92 Å². The SMILES string of the molecule is COc1ccc(-c2cnc3[nH]cc(C4=CC(C)C(F)C=C4)c3c2)cc1OC. The zero-order valence-corrected chi connectivity index (χ0v) is 15.5. The highest BCUT2D eigenvalue weighted by atomic mass is 19.1. The van der Waals surface area contributed by atoms with E-state index in [0.717, 1.165) is 33.3 Å². The first-order chi connectivity index (χ1) is 13.1. The van der Waals surface area contributed by atoms with Gasteiger partial charge in [0.25, 0.3) is 0 Å². The molecule has 4 nitrogen and oxygen atoms in total. The Hall–Kier alpha value is -3.08. The average Bonchev–Trinajstić information content (AvgIpc) is 3.12. The molecule has 0 amide bonds. The van der Waals surface area contributed by atoms with Crippen LogP contribution in [0.1, 0.15) is 12.5 Å². The molecule has 0 spiro atoms. The first-order valence-electron chi connectivity index (χ1n) is 8.84. The number of H-pyrrole nitrogens is 1. The van der Waals surface area contributed by atoms with Crippen molar-refractivity contribution in [2.24, 2.45) is 5.92 Å². The fourth-order valence-electron chi connectivity index (χ4n) is 3.40. The minimum atomic E-state index is -0.931. The third-order valence-corrected chi connectivity index (χ3v) is 4.96. The number of halogens is 1. The Kier molecular flexibility index (Phi) is 4.44. The lowest BCUT2D eigenvalue weighted by Gasteiger charge is -2.16. The van der Waals surface area contributed by atoms with Crippen molar-refractivity contribution in [2.75, 3.05) is 14.2 Å². The van der Waals surface area contributed by atoms with Gasteiger partial charge >= 0.3 is 0 Å². The molecule has 138 valence electrons. The molecular weight excluding hydrogens is 343 g/mol. The van der Waals surface area contributed by atoms with E-state index >= 15 is 0 Å². The van der Waals surface area contributed by atoms with Crippen molar-refractivity contribution in [3.05, 3.63) is 60.5 Å². The van der Waals surface area contributed by atoms with Crippen LogP contribution in [0.4, 0.5) is 4.39 Å². The van der Waals surface area contributed by atoms with Crippen molar-refractivity contribution in [2.45, 2.75) is 13.1 Å². The second-order valence-electron chi connectivity index (χ2n) is 6.68. The van der Waals surface area contributed by atoms with Crippen molar-refractivity contribution >= 4 is 16.6 Å². The lowest BCUT2D eigenvalue weighted by molar-refractivity contribution is 0.335. The van der Waals surface area contributed by atoms with Crippen LogP contribution in [-0.2, 0) is 0 Å². The zero-order valence-electron chi connectivity index (χ0n) is 15.5. The van der Waals surface area contributed by atoms with Gasteiger partial charge in [-0.25, -0.2) is 9.37 Å². The van der Waals surface area contributed by atoms with Gasteiger partial charge in [-0.1, -0.05) is 25.1 Å².